The van der Waals surface area contributed by atoms with Crippen LogP contribution in [0.2, 0.25) is 0 Å². The van der Waals surface area contributed by atoms with Crippen LogP contribution in [0.15, 0.2) is 47.7 Å². The number of amides is 1. The Balaban J connectivity index is 1.84. The largest absolute Gasteiger partial charge is 0.417 e. The van der Waals surface area contributed by atoms with E-state index in [2.05, 4.69) is 15.2 Å². The van der Waals surface area contributed by atoms with Crippen LogP contribution in [0.3, 0.4) is 0 Å². The highest BCUT2D eigenvalue weighted by Crippen LogP contribution is 2.38. The summed E-state index contributed by atoms with van der Waals surface area (Å²) in [5.74, 6) is -2.19. The number of pyridine rings is 2. The van der Waals surface area contributed by atoms with E-state index < -0.39 is 46.3 Å². The van der Waals surface area contributed by atoms with Gasteiger partial charge in [0, 0.05) is 61.0 Å². The summed E-state index contributed by atoms with van der Waals surface area (Å²) in [6.45, 7) is 4.55. The third-order valence-corrected chi connectivity index (χ3v) is 6.88. The van der Waals surface area contributed by atoms with Crippen molar-refractivity contribution in [3.05, 3.63) is 75.7 Å². The van der Waals surface area contributed by atoms with Crippen molar-refractivity contribution in [1.29, 1.82) is 0 Å². The summed E-state index contributed by atoms with van der Waals surface area (Å²) >= 11 is 0. The number of aromatic amines is 1. The van der Waals surface area contributed by atoms with E-state index in [0.29, 0.717) is 31.5 Å². The fraction of sp³-hybridized carbons (Fsp3) is 0.346. The molecule has 7 nitrogen and oxygen atoms in total. The quantitative estimate of drug-likeness (QED) is 0.411. The average molecular weight is 571 g/mol. The minimum Gasteiger partial charge on any atom is -0.367 e. The van der Waals surface area contributed by atoms with Gasteiger partial charge in [0.05, 0.1) is 28.1 Å². The topological polar surface area (TPSA) is 81.3 Å². The third-order valence-electron chi connectivity index (χ3n) is 6.88. The van der Waals surface area contributed by atoms with Crippen molar-refractivity contribution in [3.63, 3.8) is 0 Å². The van der Waals surface area contributed by atoms with Gasteiger partial charge in [0.25, 0.3) is 5.91 Å². The van der Waals surface area contributed by atoms with Crippen molar-refractivity contribution in [2.75, 3.05) is 30.4 Å². The number of likely N-dealkylation sites (N-methyl/N-ethyl adjacent to an activating group) is 1. The molecule has 0 bridgehead atoms. The molecule has 214 valence electrons. The van der Waals surface area contributed by atoms with Gasteiger partial charge in [0.1, 0.15) is 5.82 Å². The zero-order valence-electron chi connectivity index (χ0n) is 21.4. The number of rotatable bonds is 4. The second-order valence-corrected chi connectivity index (χ2v) is 9.65. The van der Waals surface area contributed by atoms with Gasteiger partial charge in [-0.1, -0.05) is 0 Å². The first-order valence-electron chi connectivity index (χ1n) is 12.0. The number of alkyl halides is 6. The molecule has 2 N–H and O–H groups in total. The molecule has 0 saturated carbocycles. The van der Waals surface area contributed by atoms with Gasteiger partial charge in [-0.05, 0) is 39.1 Å². The maximum Gasteiger partial charge on any atom is 0.417 e. The Morgan fingerprint density at radius 3 is 2.25 bits per heavy atom. The van der Waals surface area contributed by atoms with Crippen LogP contribution in [-0.2, 0) is 12.4 Å². The number of aromatic nitrogens is 2. The number of piperazine rings is 1. The Bertz CT molecular complexity index is 1470. The average Bonchev–Trinajstić information content (AvgIpc) is 2.86. The molecule has 4 rings (SSSR count). The fourth-order valence-corrected chi connectivity index (χ4v) is 4.57. The van der Waals surface area contributed by atoms with Crippen molar-refractivity contribution >= 4 is 17.3 Å². The van der Waals surface area contributed by atoms with Crippen LogP contribution in [-0.4, -0.2) is 53.0 Å². The molecule has 1 aliphatic heterocycles. The van der Waals surface area contributed by atoms with Crippen molar-refractivity contribution in [2.24, 2.45) is 0 Å². The molecule has 3 heterocycles. The van der Waals surface area contributed by atoms with Gasteiger partial charge >= 0.3 is 12.4 Å². The van der Waals surface area contributed by atoms with E-state index in [-0.39, 0.29) is 40.7 Å². The Labute approximate surface area is 223 Å². The van der Waals surface area contributed by atoms with E-state index in [1.165, 1.54) is 0 Å². The summed E-state index contributed by atoms with van der Waals surface area (Å²) in [4.78, 5) is 34.0. The lowest BCUT2D eigenvalue weighted by Crippen LogP contribution is -2.55. The van der Waals surface area contributed by atoms with Crippen LogP contribution in [0.25, 0.3) is 11.1 Å². The van der Waals surface area contributed by atoms with Crippen molar-refractivity contribution in [2.45, 2.75) is 38.3 Å². The lowest BCUT2D eigenvalue weighted by molar-refractivity contribution is -0.138. The minimum atomic E-state index is -5.04. The molecule has 2 aromatic heterocycles. The lowest BCUT2D eigenvalue weighted by atomic mass is 10.0. The van der Waals surface area contributed by atoms with Gasteiger partial charge in [0.15, 0.2) is 0 Å². The Kier molecular flexibility index (Phi) is 7.67. The van der Waals surface area contributed by atoms with Crippen LogP contribution in [0, 0.1) is 5.82 Å². The number of carbonyl (C=O) groups excluding carboxylic acids is 1. The van der Waals surface area contributed by atoms with Crippen LogP contribution in [0.1, 0.15) is 35.3 Å². The summed E-state index contributed by atoms with van der Waals surface area (Å²) < 4.78 is 96.1. The molecule has 14 heteroatoms. The maximum atomic E-state index is 15.4. The molecule has 1 aromatic carbocycles. The number of carbonyl (C=O) groups is 1. The van der Waals surface area contributed by atoms with Gasteiger partial charge in [-0.15, -0.1) is 0 Å². The first-order chi connectivity index (χ1) is 18.6. The number of hydrogen-bond donors (Lipinski definition) is 2. The molecule has 1 aliphatic rings. The monoisotopic (exact) mass is 571 g/mol. The number of nitrogens with zero attached hydrogens (tertiary/aromatic N) is 3. The number of hydrogen-bond acceptors (Lipinski definition) is 5. The Morgan fingerprint density at radius 1 is 1.00 bits per heavy atom. The molecule has 0 radical (unpaired) electrons. The summed E-state index contributed by atoms with van der Waals surface area (Å²) in [6.07, 6.45) is -7.62. The Hall–Kier alpha value is -3.94. The molecular formula is C26H24F7N5O2. The number of benzene rings is 1. The number of H-pyrrole nitrogens is 1. The van der Waals surface area contributed by atoms with E-state index in [1.54, 1.807) is 4.90 Å². The van der Waals surface area contributed by atoms with Crippen LogP contribution >= 0.6 is 0 Å². The molecular weight excluding hydrogens is 547 g/mol. The van der Waals surface area contributed by atoms with Crippen LogP contribution in [0.5, 0.6) is 0 Å². The molecule has 0 spiro atoms. The summed E-state index contributed by atoms with van der Waals surface area (Å²) in [5.41, 5.74) is -5.22. The minimum absolute atomic E-state index is 0.0289. The van der Waals surface area contributed by atoms with Gasteiger partial charge < -0.3 is 15.2 Å². The predicted octanol–water partition coefficient (Wildman–Crippen LogP) is 5.39. The smallest absolute Gasteiger partial charge is 0.367 e. The van der Waals surface area contributed by atoms with Crippen LogP contribution < -0.4 is 15.8 Å². The van der Waals surface area contributed by atoms with Gasteiger partial charge in [0.2, 0.25) is 5.56 Å². The van der Waals surface area contributed by atoms with Gasteiger partial charge in [-0.25, -0.2) is 4.39 Å². The zero-order chi connectivity index (χ0) is 29.6. The van der Waals surface area contributed by atoms with Crippen LogP contribution in [0.4, 0.5) is 42.1 Å². The van der Waals surface area contributed by atoms with E-state index in [1.807, 2.05) is 25.9 Å². The summed E-state index contributed by atoms with van der Waals surface area (Å²) in [6, 6.07) is 2.95. The SMILES string of the molecule is CC1CN(c2cc(F)c(-c3cncc(C(F)(F)F)c3)cc2NC(=O)c2c[nH]c(=O)cc2C(F)(F)F)CC(C)N1C. The third kappa shape index (κ3) is 5.96. The molecule has 3 aromatic rings. The van der Waals surface area contributed by atoms with E-state index in [4.69, 9.17) is 0 Å². The highest BCUT2D eigenvalue weighted by atomic mass is 19.4. The number of anilines is 2. The molecule has 0 aliphatic carbocycles. The first kappa shape index (κ1) is 29.1. The normalized spacial score (nSPS) is 18.6. The lowest BCUT2D eigenvalue weighted by Gasteiger charge is -2.44. The second kappa shape index (κ2) is 10.6. The van der Waals surface area contributed by atoms with Gasteiger partial charge in [-0.2, -0.15) is 26.3 Å². The summed E-state index contributed by atoms with van der Waals surface area (Å²) in [5, 5.41) is 2.35. The van der Waals surface area contributed by atoms with Gasteiger partial charge in [-0.3, -0.25) is 19.5 Å². The highest BCUT2D eigenvalue weighted by molar-refractivity contribution is 6.07. The molecule has 40 heavy (non-hydrogen) atoms. The first-order valence-corrected chi connectivity index (χ1v) is 12.0. The van der Waals surface area contributed by atoms with Crippen molar-refractivity contribution in [3.8, 4) is 11.1 Å². The zero-order valence-corrected chi connectivity index (χ0v) is 21.4. The molecule has 1 saturated heterocycles. The molecule has 1 amide bonds. The maximum absolute atomic E-state index is 15.4. The summed E-state index contributed by atoms with van der Waals surface area (Å²) in [7, 11) is 1.90. The highest BCUT2D eigenvalue weighted by Gasteiger charge is 2.37. The molecule has 2 atom stereocenters. The number of nitrogens with one attached hydrogen (secondary N) is 2. The van der Waals surface area contributed by atoms with E-state index in [0.717, 1.165) is 18.3 Å². The fourth-order valence-electron chi connectivity index (χ4n) is 4.57. The predicted molar refractivity (Wildman–Crippen MR) is 134 cm³/mol. The van der Waals surface area contributed by atoms with E-state index in [9.17, 15) is 35.9 Å². The Morgan fingerprint density at radius 2 is 1.65 bits per heavy atom. The second-order valence-electron chi connectivity index (χ2n) is 9.65. The number of halogens is 7. The van der Waals surface area contributed by atoms with Crippen molar-refractivity contribution in [1.82, 2.24) is 14.9 Å². The standard InChI is InChI=1S/C26H24F7N5O2/c1-13-11-38(12-14(2)37(13)3)22-7-20(27)17(15-4-16(9-34-8-15)25(28,29)30)5-21(22)36-24(40)18-10-35-23(39)6-19(18)26(31,32)33/h4-10,13-14H,11-12H2,1-3H3,(H,35,39)(H,36,40). The van der Waals surface area contributed by atoms with E-state index >= 15 is 4.39 Å². The molecule has 2 unspecified atom stereocenters. The van der Waals surface area contributed by atoms with Crippen molar-refractivity contribution < 1.29 is 35.5 Å². The molecule has 1 fully saturated rings.